The standard InChI is InChI=1S/C17H17FN2O3/c1-23-15-5-3-2-4-12(15)8-11-16(21)19-20-17(22)13-6-9-14(18)10-7-13/h2-7,9-10H,8,11H2,1H3,(H,19,21)(H,20,22). The molecule has 0 saturated carbocycles. The highest BCUT2D eigenvalue weighted by atomic mass is 19.1. The van der Waals surface area contributed by atoms with Gasteiger partial charge in [0.05, 0.1) is 7.11 Å². The Bertz CT molecular complexity index is 686. The largest absolute Gasteiger partial charge is 0.496 e. The van der Waals surface area contributed by atoms with Gasteiger partial charge in [-0.3, -0.25) is 20.4 Å². The van der Waals surface area contributed by atoms with Crippen molar-refractivity contribution in [2.45, 2.75) is 12.8 Å². The van der Waals surface area contributed by atoms with E-state index in [2.05, 4.69) is 10.9 Å². The predicted molar refractivity (Wildman–Crippen MR) is 83.3 cm³/mol. The number of hydrogen-bond acceptors (Lipinski definition) is 3. The van der Waals surface area contributed by atoms with Crippen molar-refractivity contribution in [3.8, 4) is 5.75 Å². The summed E-state index contributed by atoms with van der Waals surface area (Å²) in [5, 5.41) is 0. The van der Waals surface area contributed by atoms with Crippen molar-refractivity contribution < 1.29 is 18.7 Å². The highest BCUT2D eigenvalue weighted by Gasteiger charge is 2.09. The first-order chi connectivity index (χ1) is 11.1. The predicted octanol–water partition coefficient (Wildman–Crippen LogP) is 2.23. The van der Waals surface area contributed by atoms with Gasteiger partial charge >= 0.3 is 0 Å². The fourth-order valence-corrected chi connectivity index (χ4v) is 2.02. The van der Waals surface area contributed by atoms with Gasteiger partial charge in [0, 0.05) is 12.0 Å². The van der Waals surface area contributed by atoms with E-state index in [1.54, 1.807) is 7.11 Å². The van der Waals surface area contributed by atoms with E-state index < -0.39 is 11.7 Å². The maximum Gasteiger partial charge on any atom is 0.269 e. The van der Waals surface area contributed by atoms with Gasteiger partial charge in [0.1, 0.15) is 11.6 Å². The number of hydrogen-bond donors (Lipinski definition) is 2. The van der Waals surface area contributed by atoms with Crippen molar-refractivity contribution in [2.75, 3.05) is 7.11 Å². The quantitative estimate of drug-likeness (QED) is 0.831. The third kappa shape index (κ3) is 4.81. The fourth-order valence-electron chi connectivity index (χ4n) is 2.02. The second-order valence-corrected chi connectivity index (χ2v) is 4.82. The van der Waals surface area contributed by atoms with Crippen molar-refractivity contribution in [3.05, 3.63) is 65.5 Å². The summed E-state index contributed by atoms with van der Waals surface area (Å²) in [4.78, 5) is 23.5. The average Bonchev–Trinajstić information content (AvgIpc) is 2.58. The minimum atomic E-state index is -0.504. The lowest BCUT2D eigenvalue weighted by Gasteiger charge is -2.09. The summed E-state index contributed by atoms with van der Waals surface area (Å²) in [6, 6.07) is 12.5. The van der Waals surface area contributed by atoms with Crippen LogP contribution in [0, 0.1) is 5.82 Å². The molecule has 0 unspecified atom stereocenters. The van der Waals surface area contributed by atoms with Crippen LogP contribution < -0.4 is 15.6 Å². The fraction of sp³-hybridized carbons (Fsp3) is 0.176. The number of rotatable bonds is 5. The number of nitrogens with one attached hydrogen (secondary N) is 2. The Labute approximate surface area is 133 Å². The van der Waals surface area contributed by atoms with Gasteiger partial charge < -0.3 is 4.74 Å². The first-order valence-corrected chi connectivity index (χ1v) is 7.07. The first-order valence-electron chi connectivity index (χ1n) is 7.07. The molecule has 2 aromatic carbocycles. The molecule has 0 bridgehead atoms. The molecule has 0 atom stereocenters. The highest BCUT2D eigenvalue weighted by molar-refractivity contribution is 5.95. The number of halogens is 1. The minimum Gasteiger partial charge on any atom is -0.496 e. The van der Waals surface area contributed by atoms with Crippen LogP contribution in [0.3, 0.4) is 0 Å². The molecule has 0 aliphatic rings. The van der Waals surface area contributed by atoms with Gasteiger partial charge in [-0.1, -0.05) is 18.2 Å². The van der Waals surface area contributed by atoms with E-state index in [-0.39, 0.29) is 17.9 Å². The van der Waals surface area contributed by atoms with Gasteiger partial charge in [0.2, 0.25) is 5.91 Å². The molecule has 0 heterocycles. The first kappa shape index (κ1) is 16.5. The second-order valence-electron chi connectivity index (χ2n) is 4.82. The third-order valence-electron chi connectivity index (χ3n) is 3.24. The van der Waals surface area contributed by atoms with Crippen LogP contribution in [-0.4, -0.2) is 18.9 Å². The second kappa shape index (κ2) is 7.93. The zero-order valence-corrected chi connectivity index (χ0v) is 12.6. The number of methoxy groups -OCH3 is 1. The van der Waals surface area contributed by atoms with Gasteiger partial charge in [-0.25, -0.2) is 4.39 Å². The third-order valence-corrected chi connectivity index (χ3v) is 3.24. The maximum absolute atomic E-state index is 12.8. The smallest absolute Gasteiger partial charge is 0.269 e. The van der Waals surface area contributed by atoms with Crippen LogP contribution in [-0.2, 0) is 11.2 Å². The van der Waals surface area contributed by atoms with E-state index in [1.165, 1.54) is 24.3 Å². The van der Waals surface area contributed by atoms with Crippen LogP contribution in [0.25, 0.3) is 0 Å². The van der Waals surface area contributed by atoms with Gasteiger partial charge in [-0.15, -0.1) is 0 Å². The Morgan fingerprint density at radius 3 is 2.43 bits per heavy atom. The molecule has 2 aromatic rings. The lowest BCUT2D eigenvalue weighted by molar-refractivity contribution is -0.121. The van der Waals surface area contributed by atoms with Crippen molar-refractivity contribution in [2.24, 2.45) is 0 Å². The summed E-state index contributed by atoms with van der Waals surface area (Å²) >= 11 is 0. The summed E-state index contributed by atoms with van der Waals surface area (Å²) in [7, 11) is 1.57. The van der Waals surface area contributed by atoms with Gasteiger partial charge in [0.25, 0.3) is 5.91 Å². The molecule has 0 fully saturated rings. The topological polar surface area (TPSA) is 67.4 Å². The number of carbonyl (C=O) groups is 2. The van der Waals surface area contributed by atoms with Crippen molar-refractivity contribution >= 4 is 11.8 Å². The lowest BCUT2D eigenvalue weighted by Crippen LogP contribution is -2.41. The molecule has 0 radical (unpaired) electrons. The zero-order chi connectivity index (χ0) is 16.7. The molecule has 0 aliphatic carbocycles. The zero-order valence-electron chi connectivity index (χ0n) is 12.6. The highest BCUT2D eigenvalue weighted by Crippen LogP contribution is 2.18. The van der Waals surface area contributed by atoms with E-state index in [1.807, 2.05) is 24.3 Å². The Kier molecular flexibility index (Phi) is 5.68. The minimum absolute atomic E-state index is 0.198. The van der Waals surface area contributed by atoms with Crippen molar-refractivity contribution in [1.82, 2.24) is 10.9 Å². The summed E-state index contributed by atoms with van der Waals surface area (Å²) < 4.78 is 18.0. The Morgan fingerprint density at radius 2 is 1.74 bits per heavy atom. The molecule has 23 heavy (non-hydrogen) atoms. The lowest BCUT2D eigenvalue weighted by atomic mass is 10.1. The molecule has 2 rings (SSSR count). The van der Waals surface area contributed by atoms with Crippen LogP contribution >= 0.6 is 0 Å². The Morgan fingerprint density at radius 1 is 1.04 bits per heavy atom. The van der Waals surface area contributed by atoms with Crippen LogP contribution in [0.4, 0.5) is 4.39 Å². The SMILES string of the molecule is COc1ccccc1CCC(=O)NNC(=O)c1ccc(F)cc1. The molecule has 0 spiro atoms. The number of amides is 2. The normalized spacial score (nSPS) is 10.0. The molecule has 2 amide bonds. The van der Waals surface area contributed by atoms with E-state index in [0.717, 1.165) is 11.3 Å². The van der Waals surface area contributed by atoms with Crippen LogP contribution in [0.2, 0.25) is 0 Å². The molecule has 6 heteroatoms. The van der Waals surface area contributed by atoms with Crippen molar-refractivity contribution in [3.63, 3.8) is 0 Å². The summed E-state index contributed by atoms with van der Waals surface area (Å²) in [5.74, 6) is -0.542. The molecule has 0 aliphatic heterocycles. The maximum atomic E-state index is 12.8. The molecular formula is C17H17FN2O3. The van der Waals surface area contributed by atoms with E-state index in [0.29, 0.717) is 6.42 Å². The summed E-state index contributed by atoms with van der Waals surface area (Å²) in [6.45, 7) is 0. The molecule has 0 saturated heterocycles. The summed E-state index contributed by atoms with van der Waals surface area (Å²) in [5.41, 5.74) is 5.79. The Hall–Kier alpha value is -2.89. The van der Waals surface area contributed by atoms with Gasteiger partial charge in [-0.05, 0) is 42.3 Å². The summed E-state index contributed by atoms with van der Waals surface area (Å²) in [6.07, 6.45) is 0.687. The number of carbonyl (C=O) groups excluding carboxylic acids is 2. The molecule has 120 valence electrons. The molecule has 0 aromatic heterocycles. The van der Waals surface area contributed by atoms with Crippen LogP contribution in [0.1, 0.15) is 22.3 Å². The van der Waals surface area contributed by atoms with Gasteiger partial charge in [0.15, 0.2) is 0 Å². The monoisotopic (exact) mass is 316 g/mol. The Balaban J connectivity index is 1.81. The number of benzene rings is 2. The van der Waals surface area contributed by atoms with Crippen LogP contribution in [0.5, 0.6) is 5.75 Å². The van der Waals surface area contributed by atoms with Crippen molar-refractivity contribution in [1.29, 1.82) is 0 Å². The average molecular weight is 316 g/mol. The molecular weight excluding hydrogens is 299 g/mol. The van der Waals surface area contributed by atoms with Crippen LogP contribution in [0.15, 0.2) is 48.5 Å². The van der Waals surface area contributed by atoms with E-state index in [4.69, 9.17) is 4.74 Å². The van der Waals surface area contributed by atoms with E-state index in [9.17, 15) is 14.0 Å². The molecule has 2 N–H and O–H groups in total. The number of hydrazine groups is 1. The van der Waals surface area contributed by atoms with Gasteiger partial charge in [-0.2, -0.15) is 0 Å². The number of aryl methyl sites for hydroxylation is 1. The molecule has 5 nitrogen and oxygen atoms in total. The van der Waals surface area contributed by atoms with E-state index >= 15 is 0 Å². The number of para-hydroxylation sites is 1. The number of ether oxygens (including phenoxy) is 1.